The fourth-order valence-corrected chi connectivity index (χ4v) is 3.86. The number of carboxylic acids is 1. The molecule has 0 radical (unpaired) electrons. The van der Waals surface area contributed by atoms with Gasteiger partial charge < -0.3 is 20.5 Å². The minimum absolute atomic E-state index is 0.119. The van der Waals surface area contributed by atoms with Gasteiger partial charge in [0.25, 0.3) is 0 Å². The maximum absolute atomic E-state index is 11.8. The zero-order chi connectivity index (χ0) is 26.6. The Bertz CT molecular complexity index is 1070. The molecule has 0 aliphatic heterocycles. The van der Waals surface area contributed by atoms with Gasteiger partial charge in [0.1, 0.15) is 12.5 Å². The van der Waals surface area contributed by atoms with Crippen molar-refractivity contribution < 1.29 is 33.2 Å². The van der Waals surface area contributed by atoms with E-state index < -0.39 is 12.1 Å². The van der Waals surface area contributed by atoms with Crippen LogP contribution in [0.5, 0.6) is 0 Å². The van der Waals surface area contributed by atoms with E-state index in [1.165, 1.54) is 27.8 Å². The van der Waals surface area contributed by atoms with E-state index >= 15 is 0 Å². The van der Waals surface area contributed by atoms with Crippen molar-refractivity contribution in [1.29, 1.82) is 0 Å². The first kappa shape index (κ1) is 29.0. The molecule has 8 heteroatoms. The van der Waals surface area contributed by atoms with Gasteiger partial charge in [0.2, 0.25) is 0 Å². The molecule has 0 unspecified atom stereocenters. The summed E-state index contributed by atoms with van der Waals surface area (Å²) in [6, 6.07) is 17.3. The number of hydrogen-bond acceptors (Lipinski definition) is 4. The number of hydrogen-bond donors (Lipinski definition) is 2. The van der Waals surface area contributed by atoms with E-state index in [0.717, 1.165) is 44.5 Å². The van der Waals surface area contributed by atoms with Gasteiger partial charge in [-0.1, -0.05) is 67.1 Å². The molecule has 0 atom stereocenters. The van der Waals surface area contributed by atoms with Crippen molar-refractivity contribution >= 4 is 23.4 Å². The Kier molecular flexibility index (Phi) is 11.6. The van der Waals surface area contributed by atoms with Crippen molar-refractivity contribution in [3.8, 4) is 0 Å². The Balaban J connectivity index is 0.000000572. The Morgan fingerprint density at radius 3 is 2.42 bits per heavy atom. The third kappa shape index (κ3) is 9.79. The molecule has 0 spiro atoms. The Labute approximate surface area is 210 Å². The maximum Gasteiger partial charge on any atom is 0.430 e. The monoisotopic (exact) mass is 502 g/mol. The fraction of sp³-hybridized carbons (Fsp3) is 0.357. The number of alkyl halides is 3. The molecule has 0 saturated heterocycles. The summed E-state index contributed by atoms with van der Waals surface area (Å²) >= 11 is 0. The molecule has 3 N–H and O–H groups in total. The number of carboxylic acid groups (broad SMARTS) is 1. The van der Waals surface area contributed by atoms with Crippen LogP contribution in [-0.4, -0.2) is 37.6 Å². The van der Waals surface area contributed by atoms with Crippen LogP contribution in [0.4, 0.5) is 13.2 Å². The first-order valence-corrected chi connectivity index (χ1v) is 12.0. The number of benzene rings is 2. The van der Waals surface area contributed by atoms with Crippen LogP contribution < -0.4 is 15.7 Å². The highest BCUT2D eigenvalue weighted by molar-refractivity contribution is 5.95. The average Bonchev–Trinajstić information content (AvgIpc) is 3.16. The first-order chi connectivity index (χ1) is 17.1. The molecule has 0 heterocycles. The molecule has 0 aromatic heterocycles. The molecular weight excluding hydrogens is 469 g/mol. The number of carbonyl (C=O) groups excluding carboxylic acids is 2. The van der Waals surface area contributed by atoms with Gasteiger partial charge in [-0.05, 0) is 54.6 Å². The van der Waals surface area contributed by atoms with Crippen LogP contribution >= 0.6 is 0 Å². The lowest BCUT2D eigenvalue weighted by Crippen LogP contribution is -2.82. The second kappa shape index (κ2) is 14.4. The minimum atomic E-state index is -5.19. The minimum Gasteiger partial charge on any atom is -0.542 e. The molecular formula is C28H33F3N2O3. The number of nitrogens with two attached hydrogens (primary N) is 1. The summed E-state index contributed by atoms with van der Waals surface area (Å²) in [6.07, 6.45) is 1.64. The zero-order valence-corrected chi connectivity index (χ0v) is 20.7. The fourth-order valence-electron chi connectivity index (χ4n) is 3.86. The molecule has 2 aromatic carbocycles. The number of nitrogens with one attached hydrogen (secondary N) is 1. The van der Waals surface area contributed by atoms with Crippen LogP contribution in [0.25, 0.3) is 11.6 Å². The zero-order valence-electron chi connectivity index (χ0n) is 20.7. The Hall–Kier alpha value is -3.23. The topological polar surface area (TPSA) is 85.8 Å². The molecule has 1 aliphatic carbocycles. The van der Waals surface area contributed by atoms with E-state index in [-0.39, 0.29) is 5.78 Å². The lowest BCUT2D eigenvalue weighted by atomic mass is 10.0. The molecule has 5 nitrogen and oxygen atoms in total. The predicted octanol–water partition coefficient (Wildman–Crippen LogP) is 3.05. The van der Waals surface area contributed by atoms with Crippen molar-refractivity contribution in [1.82, 2.24) is 5.32 Å². The molecule has 36 heavy (non-hydrogen) atoms. The van der Waals surface area contributed by atoms with Gasteiger partial charge in [0.15, 0.2) is 5.78 Å². The van der Waals surface area contributed by atoms with Gasteiger partial charge in [-0.2, -0.15) is 13.2 Å². The van der Waals surface area contributed by atoms with Crippen LogP contribution in [0.1, 0.15) is 48.9 Å². The third-order valence-electron chi connectivity index (χ3n) is 5.69. The van der Waals surface area contributed by atoms with Crippen molar-refractivity contribution in [3.05, 3.63) is 82.4 Å². The largest absolute Gasteiger partial charge is 0.542 e. The third-order valence-corrected chi connectivity index (χ3v) is 5.69. The van der Waals surface area contributed by atoms with Gasteiger partial charge in [-0.3, -0.25) is 4.79 Å². The van der Waals surface area contributed by atoms with Crippen LogP contribution in [0.2, 0.25) is 0 Å². The lowest BCUT2D eigenvalue weighted by Gasteiger charge is -2.07. The second-order valence-electron chi connectivity index (χ2n) is 8.63. The highest BCUT2D eigenvalue weighted by Crippen LogP contribution is 2.33. The first-order valence-electron chi connectivity index (χ1n) is 12.0. The summed E-state index contributed by atoms with van der Waals surface area (Å²) in [4.78, 5) is 20.6. The molecule has 0 bridgehead atoms. The molecule has 2 aromatic rings. The number of quaternary nitrogens is 1. The van der Waals surface area contributed by atoms with Crippen molar-refractivity contribution in [3.63, 3.8) is 0 Å². The summed E-state index contributed by atoms with van der Waals surface area (Å²) < 4.78 is 31.5. The summed E-state index contributed by atoms with van der Waals surface area (Å²) in [6.45, 7) is 7.75. The van der Waals surface area contributed by atoms with Crippen molar-refractivity contribution in [2.75, 3.05) is 19.6 Å². The second-order valence-corrected chi connectivity index (χ2v) is 8.63. The van der Waals surface area contributed by atoms with Gasteiger partial charge in [-0.25, -0.2) is 0 Å². The number of carbonyl (C=O) groups is 2. The number of halogens is 3. The van der Waals surface area contributed by atoms with E-state index in [0.29, 0.717) is 6.54 Å². The molecule has 1 aliphatic rings. The van der Waals surface area contributed by atoms with Crippen LogP contribution in [0, 0.1) is 0 Å². The Morgan fingerprint density at radius 2 is 1.78 bits per heavy atom. The van der Waals surface area contributed by atoms with E-state index in [9.17, 15) is 18.0 Å². The highest BCUT2D eigenvalue weighted by atomic mass is 19.4. The quantitative estimate of drug-likeness (QED) is 0.365. The Morgan fingerprint density at radius 1 is 1.11 bits per heavy atom. The average molecular weight is 503 g/mol. The van der Waals surface area contributed by atoms with Gasteiger partial charge in [-0.15, -0.1) is 0 Å². The lowest BCUT2D eigenvalue weighted by molar-refractivity contribution is -0.669. The predicted molar refractivity (Wildman–Crippen MR) is 133 cm³/mol. The van der Waals surface area contributed by atoms with Crippen LogP contribution in [0.3, 0.4) is 0 Å². The molecule has 3 rings (SSSR count). The number of allylic oxidation sites excluding steroid dienone is 1. The van der Waals surface area contributed by atoms with Gasteiger partial charge >= 0.3 is 6.18 Å². The van der Waals surface area contributed by atoms with Crippen molar-refractivity contribution in [2.24, 2.45) is 0 Å². The van der Waals surface area contributed by atoms with Gasteiger partial charge in [0, 0.05) is 12.0 Å². The highest BCUT2D eigenvalue weighted by Gasteiger charge is 2.28. The summed E-state index contributed by atoms with van der Waals surface area (Å²) in [5.74, 6) is -2.89. The van der Waals surface area contributed by atoms with Crippen LogP contribution in [-0.2, 0) is 22.6 Å². The van der Waals surface area contributed by atoms with Crippen LogP contribution in [0.15, 0.2) is 60.2 Å². The number of aliphatic carboxylic acids is 1. The molecule has 0 saturated carbocycles. The summed E-state index contributed by atoms with van der Waals surface area (Å²) in [5.41, 5.74) is 8.37. The number of fused-ring (bicyclic) bond motifs is 1. The molecule has 0 fully saturated rings. The maximum atomic E-state index is 11.8. The van der Waals surface area contributed by atoms with E-state index in [2.05, 4.69) is 73.0 Å². The molecule has 194 valence electrons. The summed E-state index contributed by atoms with van der Waals surface area (Å²) in [5, 5.41) is 14.3. The summed E-state index contributed by atoms with van der Waals surface area (Å²) in [7, 11) is 0. The normalized spacial score (nSPS) is 12.9. The number of rotatable bonds is 11. The number of ketones is 1. The standard InChI is InChI=1S/C26H32N2O.C2HF3O2/c1-3-15-27-19-24(29)13-12-21-8-10-22(11-9-21)18-28-16-14-25-20(2)17-23-6-4-5-7-26(23)25;3-2(4,5)1(6)7/h4-13,27-28H,3,14-19H2,1-2H3;(H,6,7)/b13-12+;. The SMILES string of the molecule is CCCNCC(=O)/C=C/c1ccc(C[NH2+]CCC2=C(C)Cc3ccccc32)cc1.O=C([O-])C(F)(F)F. The van der Waals surface area contributed by atoms with Gasteiger partial charge in [0.05, 0.1) is 13.1 Å². The molecule has 0 amide bonds. The van der Waals surface area contributed by atoms with Crippen molar-refractivity contribution in [2.45, 2.75) is 45.8 Å². The van der Waals surface area contributed by atoms with E-state index in [1.54, 1.807) is 6.08 Å². The van der Waals surface area contributed by atoms with E-state index in [1.807, 2.05) is 6.08 Å². The van der Waals surface area contributed by atoms with E-state index in [4.69, 9.17) is 9.90 Å². The smallest absolute Gasteiger partial charge is 0.430 e.